The van der Waals surface area contributed by atoms with Crippen LogP contribution in [0, 0.1) is 5.41 Å². The van der Waals surface area contributed by atoms with Gasteiger partial charge in [0.05, 0.1) is 16.0 Å². The van der Waals surface area contributed by atoms with Gasteiger partial charge >= 0.3 is 5.97 Å². The molecule has 0 saturated carbocycles. The molecule has 8 heteroatoms. The van der Waals surface area contributed by atoms with Gasteiger partial charge in [-0.05, 0) is 56.2 Å². The number of hydrogen-bond donors (Lipinski definition) is 1. The van der Waals surface area contributed by atoms with Gasteiger partial charge in [-0.15, -0.1) is 0 Å². The molecule has 1 N–H and O–H groups in total. The van der Waals surface area contributed by atoms with E-state index in [1.54, 1.807) is 23.7 Å². The number of carboxylic acid groups (broad SMARTS) is 1. The van der Waals surface area contributed by atoms with Gasteiger partial charge in [-0.3, -0.25) is 4.79 Å². The zero-order valence-corrected chi connectivity index (χ0v) is 19.5. The number of rotatable bonds is 6. The smallest absolute Gasteiger partial charge is 0.311 e. The zero-order chi connectivity index (χ0) is 23.5. The Hall–Kier alpha value is -3.78. The molecule has 1 unspecified atom stereocenters. The number of thiazole rings is 1. The highest BCUT2D eigenvalue weighted by molar-refractivity contribution is 7.19. The second-order valence-corrected chi connectivity index (χ2v) is 9.61. The fourth-order valence-corrected chi connectivity index (χ4v) is 5.22. The molecule has 1 fully saturated rings. The van der Waals surface area contributed by atoms with Crippen LogP contribution in [0.2, 0.25) is 0 Å². The Balaban J connectivity index is 1.49. The molecule has 7 nitrogen and oxygen atoms in total. The quantitative estimate of drug-likeness (QED) is 0.382. The van der Waals surface area contributed by atoms with Crippen LogP contribution in [-0.4, -0.2) is 39.1 Å². The third-order valence-electron chi connectivity index (χ3n) is 6.03. The van der Waals surface area contributed by atoms with E-state index in [-0.39, 0.29) is 0 Å². The lowest BCUT2D eigenvalue weighted by Gasteiger charge is -2.37. The first-order valence-corrected chi connectivity index (χ1v) is 11.9. The van der Waals surface area contributed by atoms with Crippen molar-refractivity contribution < 1.29 is 14.6 Å². The van der Waals surface area contributed by atoms with Crippen LogP contribution in [0.3, 0.4) is 0 Å². The van der Waals surface area contributed by atoms with E-state index in [4.69, 9.17) is 9.72 Å². The van der Waals surface area contributed by atoms with E-state index in [0.29, 0.717) is 13.0 Å². The minimum Gasteiger partial charge on any atom is -0.481 e. The van der Waals surface area contributed by atoms with Crippen molar-refractivity contribution in [3.8, 4) is 33.2 Å². The van der Waals surface area contributed by atoms with Crippen molar-refractivity contribution in [1.82, 2.24) is 15.0 Å². The molecule has 0 spiro atoms. The number of para-hydroxylation sites is 1. The lowest BCUT2D eigenvalue weighted by Crippen LogP contribution is -2.46. The maximum absolute atomic E-state index is 11.9. The molecule has 2 aromatic heterocycles. The summed E-state index contributed by atoms with van der Waals surface area (Å²) in [6, 6.07) is 17.5. The van der Waals surface area contributed by atoms with E-state index < -0.39 is 11.4 Å². The van der Waals surface area contributed by atoms with Crippen LogP contribution in [0.15, 0.2) is 73.3 Å². The van der Waals surface area contributed by atoms with Gasteiger partial charge in [0.15, 0.2) is 5.13 Å². The Kier molecular flexibility index (Phi) is 5.98. The number of piperidine rings is 1. The number of benzene rings is 2. The summed E-state index contributed by atoms with van der Waals surface area (Å²) in [5.74, 6) is 0.753. The minimum atomic E-state index is -0.781. The summed E-state index contributed by atoms with van der Waals surface area (Å²) >= 11 is 1.54. The SMILES string of the molecule is CC1(C(=O)O)CCCN(c2nc(-c3ccc(Oc4ccccc4)cc3)c(-c3cncnc3)s2)C1. The number of carbonyl (C=O) groups is 1. The number of aliphatic carboxylic acids is 1. The second-order valence-electron chi connectivity index (χ2n) is 8.63. The first kappa shape index (κ1) is 22.0. The van der Waals surface area contributed by atoms with Gasteiger partial charge in [-0.25, -0.2) is 15.0 Å². The van der Waals surface area contributed by atoms with E-state index in [0.717, 1.165) is 51.3 Å². The molecule has 0 aliphatic carbocycles. The molecule has 2 aromatic carbocycles. The molecule has 1 aliphatic heterocycles. The Morgan fingerprint density at radius 1 is 1.03 bits per heavy atom. The molecular weight excluding hydrogens is 448 g/mol. The van der Waals surface area contributed by atoms with Crippen LogP contribution < -0.4 is 9.64 Å². The predicted octanol–water partition coefficient (Wildman–Crippen LogP) is 5.75. The van der Waals surface area contributed by atoms with Crippen LogP contribution >= 0.6 is 11.3 Å². The highest BCUT2D eigenvalue weighted by Crippen LogP contribution is 2.42. The number of aromatic nitrogens is 3. The molecule has 5 rings (SSSR count). The van der Waals surface area contributed by atoms with Crippen LogP contribution in [0.25, 0.3) is 21.7 Å². The number of ether oxygens (including phenoxy) is 1. The van der Waals surface area contributed by atoms with Gasteiger partial charge in [0, 0.05) is 36.6 Å². The van der Waals surface area contributed by atoms with Crippen molar-refractivity contribution in [2.24, 2.45) is 5.41 Å². The van der Waals surface area contributed by atoms with E-state index in [1.165, 1.54) is 6.33 Å². The molecule has 0 bridgehead atoms. The number of nitrogens with zero attached hydrogens (tertiary/aromatic N) is 4. The maximum Gasteiger partial charge on any atom is 0.311 e. The number of carboxylic acids is 1. The van der Waals surface area contributed by atoms with Gasteiger partial charge in [-0.2, -0.15) is 0 Å². The van der Waals surface area contributed by atoms with Gasteiger partial charge in [0.25, 0.3) is 0 Å². The average Bonchev–Trinajstić information content (AvgIpc) is 3.31. The van der Waals surface area contributed by atoms with Crippen molar-refractivity contribution in [3.63, 3.8) is 0 Å². The molecule has 34 heavy (non-hydrogen) atoms. The van der Waals surface area contributed by atoms with E-state index in [9.17, 15) is 9.90 Å². The van der Waals surface area contributed by atoms with Gasteiger partial charge in [0.2, 0.25) is 0 Å². The molecular formula is C26H24N4O3S. The molecule has 1 aliphatic rings. The fraction of sp³-hybridized carbons (Fsp3) is 0.231. The summed E-state index contributed by atoms with van der Waals surface area (Å²) in [7, 11) is 0. The Labute approximate surface area is 201 Å². The summed E-state index contributed by atoms with van der Waals surface area (Å²) in [6.45, 7) is 3.03. The van der Waals surface area contributed by atoms with Gasteiger partial charge < -0.3 is 14.7 Å². The molecule has 172 valence electrons. The lowest BCUT2D eigenvalue weighted by atomic mass is 9.82. The topological polar surface area (TPSA) is 88.4 Å². The minimum absolute atomic E-state index is 0.434. The van der Waals surface area contributed by atoms with Gasteiger partial charge in [-0.1, -0.05) is 29.5 Å². The number of anilines is 1. The Morgan fingerprint density at radius 2 is 1.74 bits per heavy atom. The Bertz CT molecular complexity index is 1280. The standard InChI is InChI=1S/C26H24N4O3S/c1-26(24(31)32)12-5-13-30(16-26)25-29-22(23(34-25)19-14-27-17-28-15-19)18-8-10-21(11-9-18)33-20-6-3-2-4-7-20/h2-4,6-11,14-15,17H,5,12-13,16H2,1H3,(H,31,32). The van der Waals surface area contributed by atoms with E-state index in [1.807, 2.05) is 61.5 Å². The third-order valence-corrected chi connectivity index (χ3v) is 7.19. The average molecular weight is 473 g/mol. The highest BCUT2D eigenvalue weighted by Gasteiger charge is 2.39. The first-order chi connectivity index (χ1) is 16.5. The van der Waals surface area contributed by atoms with E-state index >= 15 is 0 Å². The molecule has 3 heterocycles. The van der Waals surface area contributed by atoms with Crippen molar-refractivity contribution in [2.45, 2.75) is 19.8 Å². The summed E-state index contributed by atoms with van der Waals surface area (Å²) in [6.07, 6.45) is 6.53. The lowest BCUT2D eigenvalue weighted by molar-refractivity contribution is -0.148. The molecule has 0 amide bonds. The summed E-state index contributed by atoms with van der Waals surface area (Å²) < 4.78 is 5.93. The second kappa shape index (κ2) is 9.23. The fourth-order valence-electron chi connectivity index (χ4n) is 4.13. The van der Waals surface area contributed by atoms with Crippen molar-refractivity contribution in [1.29, 1.82) is 0 Å². The predicted molar refractivity (Wildman–Crippen MR) is 132 cm³/mol. The van der Waals surface area contributed by atoms with Crippen LogP contribution in [0.5, 0.6) is 11.5 Å². The van der Waals surface area contributed by atoms with Crippen molar-refractivity contribution in [3.05, 3.63) is 73.3 Å². The third kappa shape index (κ3) is 4.49. The summed E-state index contributed by atoms with van der Waals surface area (Å²) in [5, 5.41) is 10.5. The van der Waals surface area contributed by atoms with Crippen LogP contribution in [0.1, 0.15) is 19.8 Å². The van der Waals surface area contributed by atoms with Gasteiger partial charge in [0.1, 0.15) is 17.8 Å². The molecule has 1 saturated heterocycles. The molecule has 4 aromatic rings. The normalized spacial score (nSPS) is 18.0. The van der Waals surface area contributed by atoms with Crippen LogP contribution in [-0.2, 0) is 4.79 Å². The van der Waals surface area contributed by atoms with Crippen LogP contribution in [0.4, 0.5) is 5.13 Å². The molecule has 0 radical (unpaired) electrons. The summed E-state index contributed by atoms with van der Waals surface area (Å²) in [4.78, 5) is 28.2. The molecule has 1 atom stereocenters. The maximum atomic E-state index is 11.9. The zero-order valence-electron chi connectivity index (χ0n) is 18.7. The largest absolute Gasteiger partial charge is 0.481 e. The highest BCUT2D eigenvalue weighted by atomic mass is 32.1. The first-order valence-electron chi connectivity index (χ1n) is 11.1. The number of hydrogen-bond acceptors (Lipinski definition) is 7. The van der Waals surface area contributed by atoms with Crippen molar-refractivity contribution in [2.75, 3.05) is 18.0 Å². The Morgan fingerprint density at radius 3 is 2.44 bits per heavy atom. The summed E-state index contributed by atoms with van der Waals surface area (Å²) in [5.41, 5.74) is 1.86. The van der Waals surface area contributed by atoms with Crippen molar-refractivity contribution >= 4 is 22.4 Å². The monoisotopic (exact) mass is 472 g/mol. The van der Waals surface area contributed by atoms with E-state index in [2.05, 4.69) is 14.9 Å².